The molecule has 3 nitrogen and oxygen atoms in total. The summed E-state index contributed by atoms with van der Waals surface area (Å²) in [5.74, 6) is 1.88. The van der Waals surface area contributed by atoms with Crippen LogP contribution in [0.5, 0.6) is 11.5 Å². The number of hydrogen-bond donors (Lipinski definition) is 1. The Morgan fingerprint density at radius 3 is 2.67 bits per heavy atom. The van der Waals surface area contributed by atoms with Gasteiger partial charge in [0.2, 0.25) is 0 Å². The SMILES string of the molecule is CC.COc1cccc2c1CC(NC(C)C)CO2. The van der Waals surface area contributed by atoms with Gasteiger partial charge in [-0.1, -0.05) is 33.8 Å². The van der Waals surface area contributed by atoms with Crippen LogP contribution in [0.1, 0.15) is 33.3 Å². The number of methoxy groups -OCH3 is 1. The lowest BCUT2D eigenvalue weighted by atomic mass is 10.0. The minimum Gasteiger partial charge on any atom is -0.496 e. The van der Waals surface area contributed by atoms with E-state index in [9.17, 15) is 0 Å². The van der Waals surface area contributed by atoms with Crippen LogP contribution in [0.25, 0.3) is 0 Å². The highest BCUT2D eigenvalue weighted by molar-refractivity contribution is 5.46. The summed E-state index contributed by atoms with van der Waals surface area (Å²) in [6, 6.07) is 6.81. The van der Waals surface area contributed by atoms with Crippen molar-refractivity contribution in [3.63, 3.8) is 0 Å². The molecule has 0 amide bonds. The monoisotopic (exact) mass is 251 g/mol. The van der Waals surface area contributed by atoms with E-state index in [0.717, 1.165) is 24.5 Å². The second-order valence-corrected chi connectivity index (χ2v) is 4.47. The summed E-state index contributed by atoms with van der Waals surface area (Å²) >= 11 is 0. The molecule has 0 bridgehead atoms. The Bertz CT molecular complexity index is 349. The maximum atomic E-state index is 5.74. The second-order valence-electron chi connectivity index (χ2n) is 4.47. The highest BCUT2D eigenvalue weighted by Crippen LogP contribution is 2.32. The van der Waals surface area contributed by atoms with Gasteiger partial charge in [0.15, 0.2) is 0 Å². The van der Waals surface area contributed by atoms with Crippen molar-refractivity contribution in [2.75, 3.05) is 13.7 Å². The Morgan fingerprint density at radius 1 is 1.33 bits per heavy atom. The Hall–Kier alpha value is -1.22. The van der Waals surface area contributed by atoms with Crippen LogP contribution in [0.2, 0.25) is 0 Å². The molecule has 1 atom stereocenters. The molecule has 1 heterocycles. The minimum absolute atomic E-state index is 0.379. The molecule has 0 aliphatic carbocycles. The van der Waals surface area contributed by atoms with E-state index in [-0.39, 0.29) is 0 Å². The zero-order valence-corrected chi connectivity index (χ0v) is 12.1. The van der Waals surface area contributed by atoms with Crippen molar-refractivity contribution in [2.45, 2.75) is 46.2 Å². The molecule has 1 aliphatic heterocycles. The first-order chi connectivity index (χ1) is 8.70. The van der Waals surface area contributed by atoms with Gasteiger partial charge < -0.3 is 14.8 Å². The molecule has 1 N–H and O–H groups in total. The van der Waals surface area contributed by atoms with Crippen molar-refractivity contribution < 1.29 is 9.47 Å². The second kappa shape index (κ2) is 7.27. The van der Waals surface area contributed by atoms with Crippen LogP contribution in [-0.2, 0) is 6.42 Å². The van der Waals surface area contributed by atoms with Gasteiger partial charge in [-0.2, -0.15) is 0 Å². The van der Waals surface area contributed by atoms with Crippen molar-refractivity contribution in [3.05, 3.63) is 23.8 Å². The van der Waals surface area contributed by atoms with Crippen LogP contribution >= 0.6 is 0 Å². The molecule has 1 aromatic carbocycles. The van der Waals surface area contributed by atoms with E-state index in [1.807, 2.05) is 32.0 Å². The maximum Gasteiger partial charge on any atom is 0.126 e. The lowest BCUT2D eigenvalue weighted by Gasteiger charge is -2.28. The van der Waals surface area contributed by atoms with Gasteiger partial charge in [0.05, 0.1) is 7.11 Å². The number of hydrogen-bond acceptors (Lipinski definition) is 3. The van der Waals surface area contributed by atoms with E-state index in [2.05, 4.69) is 19.2 Å². The first-order valence-corrected chi connectivity index (χ1v) is 6.75. The van der Waals surface area contributed by atoms with Crippen molar-refractivity contribution in [2.24, 2.45) is 0 Å². The van der Waals surface area contributed by atoms with E-state index in [4.69, 9.17) is 9.47 Å². The van der Waals surface area contributed by atoms with Crippen LogP contribution < -0.4 is 14.8 Å². The lowest BCUT2D eigenvalue weighted by Crippen LogP contribution is -2.42. The minimum atomic E-state index is 0.379. The van der Waals surface area contributed by atoms with Crippen molar-refractivity contribution in [1.82, 2.24) is 5.32 Å². The van der Waals surface area contributed by atoms with Gasteiger partial charge in [-0.3, -0.25) is 0 Å². The Balaban J connectivity index is 0.000000771. The van der Waals surface area contributed by atoms with Crippen LogP contribution in [0.15, 0.2) is 18.2 Å². The fourth-order valence-corrected chi connectivity index (χ4v) is 2.15. The summed E-state index contributed by atoms with van der Waals surface area (Å²) in [5, 5.41) is 3.49. The Morgan fingerprint density at radius 2 is 2.06 bits per heavy atom. The zero-order chi connectivity index (χ0) is 13.5. The summed E-state index contributed by atoms with van der Waals surface area (Å²) in [5.41, 5.74) is 1.18. The van der Waals surface area contributed by atoms with Crippen molar-refractivity contribution in [1.29, 1.82) is 0 Å². The fourth-order valence-electron chi connectivity index (χ4n) is 2.15. The first-order valence-electron chi connectivity index (χ1n) is 6.75. The third kappa shape index (κ3) is 3.64. The molecule has 102 valence electrons. The number of ether oxygens (including phenoxy) is 2. The molecular weight excluding hydrogens is 226 g/mol. The molecule has 0 radical (unpaired) electrons. The normalized spacial score (nSPS) is 17.3. The van der Waals surface area contributed by atoms with Gasteiger partial charge in [0.1, 0.15) is 18.1 Å². The average molecular weight is 251 g/mol. The number of fused-ring (bicyclic) bond motifs is 1. The van der Waals surface area contributed by atoms with Gasteiger partial charge in [-0.25, -0.2) is 0 Å². The van der Waals surface area contributed by atoms with Gasteiger partial charge >= 0.3 is 0 Å². The largest absolute Gasteiger partial charge is 0.496 e. The van der Waals surface area contributed by atoms with Crippen LogP contribution in [0.4, 0.5) is 0 Å². The number of rotatable bonds is 3. The third-order valence-corrected chi connectivity index (χ3v) is 2.77. The molecule has 0 spiro atoms. The molecule has 18 heavy (non-hydrogen) atoms. The van der Waals surface area contributed by atoms with Crippen LogP contribution in [-0.4, -0.2) is 25.8 Å². The lowest BCUT2D eigenvalue weighted by molar-refractivity contribution is 0.228. The van der Waals surface area contributed by atoms with Gasteiger partial charge in [-0.05, 0) is 18.6 Å². The summed E-state index contributed by atoms with van der Waals surface area (Å²) in [7, 11) is 1.70. The summed E-state index contributed by atoms with van der Waals surface area (Å²) in [4.78, 5) is 0. The van der Waals surface area contributed by atoms with Gasteiger partial charge in [-0.15, -0.1) is 0 Å². The molecular formula is C15H25NO2. The quantitative estimate of drug-likeness (QED) is 0.895. The summed E-state index contributed by atoms with van der Waals surface area (Å²) in [6.45, 7) is 9.04. The number of benzene rings is 1. The predicted octanol–water partition coefficient (Wildman–Crippen LogP) is 3.02. The van der Waals surface area contributed by atoms with Gasteiger partial charge in [0, 0.05) is 17.6 Å². The molecule has 2 rings (SSSR count). The Kier molecular flexibility index (Phi) is 5.99. The maximum absolute atomic E-state index is 5.74. The standard InChI is InChI=1S/C13H19NO2.C2H6/c1-9(2)14-10-7-11-12(15-3)5-4-6-13(11)16-8-10;1-2/h4-6,9-10,14H,7-8H2,1-3H3;1-2H3. The topological polar surface area (TPSA) is 30.5 Å². The summed E-state index contributed by atoms with van der Waals surface area (Å²) in [6.07, 6.45) is 0.970. The fraction of sp³-hybridized carbons (Fsp3) is 0.600. The third-order valence-electron chi connectivity index (χ3n) is 2.77. The van der Waals surface area contributed by atoms with E-state index < -0.39 is 0 Å². The van der Waals surface area contributed by atoms with Crippen molar-refractivity contribution in [3.8, 4) is 11.5 Å². The molecule has 0 saturated carbocycles. The molecule has 0 fully saturated rings. The molecule has 1 aliphatic rings. The average Bonchev–Trinajstić information content (AvgIpc) is 2.39. The van der Waals surface area contributed by atoms with E-state index in [1.165, 1.54) is 5.56 Å². The van der Waals surface area contributed by atoms with Crippen LogP contribution in [0.3, 0.4) is 0 Å². The van der Waals surface area contributed by atoms with E-state index >= 15 is 0 Å². The smallest absolute Gasteiger partial charge is 0.126 e. The molecule has 0 saturated heterocycles. The zero-order valence-electron chi connectivity index (χ0n) is 12.1. The molecule has 1 unspecified atom stereocenters. The number of nitrogens with one attached hydrogen (secondary N) is 1. The van der Waals surface area contributed by atoms with Crippen molar-refractivity contribution >= 4 is 0 Å². The highest BCUT2D eigenvalue weighted by Gasteiger charge is 2.22. The molecule has 1 aromatic rings. The predicted molar refractivity (Wildman–Crippen MR) is 75.6 cm³/mol. The van der Waals surface area contributed by atoms with E-state index in [1.54, 1.807) is 7.11 Å². The summed E-state index contributed by atoms with van der Waals surface area (Å²) < 4.78 is 11.1. The first kappa shape index (κ1) is 14.8. The van der Waals surface area contributed by atoms with E-state index in [0.29, 0.717) is 12.1 Å². The van der Waals surface area contributed by atoms with Crippen LogP contribution in [0, 0.1) is 0 Å². The Labute approximate surface area is 110 Å². The van der Waals surface area contributed by atoms with Gasteiger partial charge in [0.25, 0.3) is 0 Å². The molecule has 0 aromatic heterocycles. The molecule has 3 heteroatoms. The highest BCUT2D eigenvalue weighted by atomic mass is 16.5.